The summed E-state index contributed by atoms with van der Waals surface area (Å²) in [6.45, 7) is 10.2. The Labute approximate surface area is 224 Å². The lowest BCUT2D eigenvalue weighted by atomic mass is 9.64. The molecule has 0 aromatic rings. The minimum Gasteiger partial charge on any atom is -0.463 e. The van der Waals surface area contributed by atoms with Crippen molar-refractivity contribution < 1.29 is 43.5 Å². The van der Waals surface area contributed by atoms with Gasteiger partial charge in [-0.15, -0.1) is 0 Å². The van der Waals surface area contributed by atoms with Gasteiger partial charge in [0.2, 0.25) is 0 Å². The van der Waals surface area contributed by atoms with E-state index in [-0.39, 0.29) is 31.3 Å². The highest BCUT2D eigenvalue weighted by Gasteiger charge is 2.78. The summed E-state index contributed by atoms with van der Waals surface area (Å²) in [4.78, 5) is 25.8. The fourth-order valence-corrected chi connectivity index (χ4v) is 6.04. The summed E-state index contributed by atoms with van der Waals surface area (Å²) in [5.74, 6) is -1.99. The van der Waals surface area contributed by atoms with E-state index in [0.29, 0.717) is 19.4 Å². The lowest BCUT2D eigenvalue weighted by molar-refractivity contribution is -0.187. The summed E-state index contributed by atoms with van der Waals surface area (Å²) in [5, 5.41) is 20.7. The van der Waals surface area contributed by atoms with E-state index in [0.717, 1.165) is 12.0 Å². The number of rotatable bonds is 3. The largest absolute Gasteiger partial charge is 0.463 e. The van der Waals surface area contributed by atoms with Crippen LogP contribution in [0.3, 0.4) is 0 Å². The molecule has 2 saturated heterocycles. The summed E-state index contributed by atoms with van der Waals surface area (Å²) in [5.41, 5.74) is -0.140. The predicted octanol–water partition coefficient (Wildman–Crippen LogP) is 2.64. The van der Waals surface area contributed by atoms with Gasteiger partial charge in [0.1, 0.15) is 17.8 Å². The van der Waals surface area contributed by atoms with Crippen molar-refractivity contribution in [2.45, 2.75) is 96.1 Å². The average molecular weight is 535 g/mol. The van der Waals surface area contributed by atoms with Crippen molar-refractivity contribution in [1.82, 2.24) is 0 Å². The normalized spacial score (nSPS) is 44.9. The molecule has 1 spiro atoms. The number of epoxide rings is 1. The molecule has 38 heavy (non-hydrogen) atoms. The van der Waals surface area contributed by atoms with E-state index < -0.39 is 53.3 Å². The molecular weight excluding hydrogens is 492 g/mol. The van der Waals surface area contributed by atoms with Crippen LogP contribution in [-0.2, 0) is 33.3 Å². The number of cyclic esters (lactones) is 1. The van der Waals surface area contributed by atoms with Crippen LogP contribution in [0.25, 0.3) is 0 Å². The molecule has 9 nitrogen and oxygen atoms in total. The van der Waals surface area contributed by atoms with Gasteiger partial charge in [0, 0.05) is 30.4 Å². The van der Waals surface area contributed by atoms with E-state index in [9.17, 15) is 19.8 Å². The zero-order chi connectivity index (χ0) is 27.7. The molecule has 3 heterocycles. The number of carbonyl (C=O) groups excluding carboxylic acids is 2. The molecule has 10 atom stereocenters. The molecular formula is C29H42O9. The van der Waals surface area contributed by atoms with E-state index >= 15 is 0 Å². The van der Waals surface area contributed by atoms with E-state index in [1.165, 1.54) is 6.08 Å². The molecule has 0 radical (unpaired) electrons. The van der Waals surface area contributed by atoms with Crippen LogP contribution in [0.1, 0.15) is 53.9 Å². The zero-order valence-electron chi connectivity index (χ0n) is 23.0. The van der Waals surface area contributed by atoms with E-state index in [1.54, 1.807) is 32.1 Å². The summed E-state index contributed by atoms with van der Waals surface area (Å²) in [7, 11) is 0. The van der Waals surface area contributed by atoms with Gasteiger partial charge in [-0.05, 0) is 32.6 Å². The van der Waals surface area contributed by atoms with Crippen molar-refractivity contribution in [3.05, 3.63) is 36.0 Å². The molecule has 0 aromatic heterocycles. The average Bonchev–Trinajstić information content (AvgIpc) is 3.66. The van der Waals surface area contributed by atoms with Crippen molar-refractivity contribution in [1.29, 1.82) is 0 Å². The number of hydrogen-bond donors (Lipinski definition) is 2. The van der Waals surface area contributed by atoms with E-state index in [4.69, 9.17) is 23.7 Å². The molecule has 2 bridgehead atoms. The molecule has 4 rings (SSSR count). The van der Waals surface area contributed by atoms with Gasteiger partial charge in [0.25, 0.3) is 0 Å². The van der Waals surface area contributed by atoms with Crippen LogP contribution in [-0.4, -0.2) is 84.2 Å². The van der Waals surface area contributed by atoms with Crippen LogP contribution >= 0.6 is 0 Å². The highest BCUT2D eigenvalue weighted by molar-refractivity contribution is 5.82. The number of carbonyl (C=O) groups is 2. The Hall–Kier alpha value is -2.04. The summed E-state index contributed by atoms with van der Waals surface area (Å²) >= 11 is 0. The van der Waals surface area contributed by atoms with Gasteiger partial charge < -0.3 is 33.9 Å². The Bertz CT molecular complexity index is 965. The second-order valence-corrected chi connectivity index (χ2v) is 11.3. The van der Waals surface area contributed by atoms with Crippen molar-refractivity contribution in [2.75, 3.05) is 19.8 Å². The molecule has 1 saturated carbocycles. The van der Waals surface area contributed by atoms with Crippen LogP contribution in [0, 0.1) is 17.3 Å². The first-order valence-corrected chi connectivity index (χ1v) is 13.7. The van der Waals surface area contributed by atoms with Gasteiger partial charge in [-0.2, -0.15) is 0 Å². The maximum atomic E-state index is 12.9. The van der Waals surface area contributed by atoms with Gasteiger partial charge >= 0.3 is 11.9 Å². The van der Waals surface area contributed by atoms with E-state index in [1.807, 2.05) is 13.8 Å². The zero-order valence-corrected chi connectivity index (χ0v) is 23.0. The maximum Gasteiger partial charge on any atom is 0.335 e. The third kappa shape index (κ3) is 5.49. The highest BCUT2D eigenvalue weighted by atomic mass is 16.6. The third-order valence-corrected chi connectivity index (χ3v) is 8.93. The Morgan fingerprint density at radius 2 is 2.00 bits per heavy atom. The van der Waals surface area contributed by atoms with Crippen LogP contribution in [0.2, 0.25) is 0 Å². The van der Waals surface area contributed by atoms with Crippen LogP contribution in [0.4, 0.5) is 0 Å². The van der Waals surface area contributed by atoms with Gasteiger partial charge in [-0.1, -0.05) is 50.6 Å². The quantitative estimate of drug-likeness (QED) is 0.319. The highest BCUT2D eigenvalue weighted by Crippen LogP contribution is 2.65. The summed E-state index contributed by atoms with van der Waals surface area (Å²) in [6, 6.07) is 0. The van der Waals surface area contributed by atoms with E-state index in [2.05, 4.69) is 13.0 Å². The lowest BCUT2D eigenvalue weighted by Crippen LogP contribution is -2.59. The molecule has 9 heteroatoms. The standard InChI is InChI=1S/C29H42O9/c1-6-17(2)13-22-20-15-35-27(33)26(32)18(3)11-12-34-21(19(4)30)9-7-8-10-25(31)38-23-14-24(37-22)29(16-36-29)28(20,23)5/h7-10,13,18-24,26,30,32H,6,11-12,14-16H2,1-5H3/b9-7-,10-8-,17-13+/t18-,19-,20-,21+,22-,23+,24-,26-,28-,29-/m1/s1. The molecule has 3 aliphatic heterocycles. The molecule has 2 N–H and O–H groups in total. The lowest BCUT2D eigenvalue weighted by Gasteiger charge is -2.48. The maximum absolute atomic E-state index is 12.9. The molecule has 0 amide bonds. The summed E-state index contributed by atoms with van der Waals surface area (Å²) < 4.78 is 30.0. The van der Waals surface area contributed by atoms with Crippen molar-refractivity contribution in [2.24, 2.45) is 17.3 Å². The number of aliphatic hydroxyl groups is 2. The second kappa shape index (κ2) is 11.6. The minimum atomic E-state index is -1.33. The van der Waals surface area contributed by atoms with Crippen molar-refractivity contribution in [3.8, 4) is 0 Å². The monoisotopic (exact) mass is 534 g/mol. The molecule has 0 unspecified atom stereocenters. The number of hydrogen-bond acceptors (Lipinski definition) is 9. The number of esters is 2. The van der Waals surface area contributed by atoms with Gasteiger partial charge in [0.05, 0.1) is 31.5 Å². The van der Waals surface area contributed by atoms with Crippen molar-refractivity contribution in [3.63, 3.8) is 0 Å². The number of allylic oxidation sites excluding steroid dienone is 3. The first kappa shape index (κ1) is 29.0. The topological polar surface area (TPSA) is 124 Å². The third-order valence-electron chi connectivity index (χ3n) is 8.93. The molecule has 1 aliphatic carbocycles. The SMILES string of the molecule is CC/C(C)=C/[C@H]1O[C@@H]2C[C@@H]3OC(=O)/C=C\C=C/[C@@H]([C@@H](C)O)OCC[C@@H](C)[C@@H](O)C(=O)OC[C@H]1[C@@]3(C)[C@@]21CO1. The second-order valence-electron chi connectivity index (χ2n) is 11.3. The summed E-state index contributed by atoms with van der Waals surface area (Å²) in [6.07, 6.45) is 6.12. The number of aliphatic hydroxyl groups excluding tert-OH is 2. The van der Waals surface area contributed by atoms with Crippen LogP contribution < -0.4 is 0 Å². The minimum absolute atomic E-state index is 0.0116. The fourth-order valence-electron chi connectivity index (χ4n) is 6.04. The van der Waals surface area contributed by atoms with Gasteiger partial charge in [-0.3, -0.25) is 0 Å². The molecule has 4 aliphatic rings. The Balaban J connectivity index is 1.67. The Morgan fingerprint density at radius 1 is 1.26 bits per heavy atom. The van der Waals surface area contributed by atoms with Crippen LogP contribution in [0.5, 0.6) is 0 Å². The molecule has 212 valence electrons. The first-order valence-electron chi connectivity index (χ1n) is 13.7. The first-order chi connectivity index (χ1) is 18.0. The fraction of sp³-hybridized carbons (Fsp3) is 0.724. The smallest absolute Gasteiger partial charge is 0.335 e. The van der Waals surface area contributed by atoms with Gasteiger partial charge in [0.15, 0.2) is 6.10 Å². The Kier molecular flexibility index (Phi) is 8.84. The van der Waals surface area contributed by atoms with Crippen molar-refractivity contribution >= 4 is 11.9 Å². The number of ether oxygens (including phenoxy) is 5. The molecule has 3 fully saturated rings. The Morgan fingerprint density at radius 3 is 2.66 bits per heavy atom. The van der Waals surface area contributed by atoms with Gasteiger partial charge in [-0.25, -0.2) is 9.59 Å². The molecule has 0 aromatic carbocycles. The van der Waals surface area contributed by atoms with Crippen LogP contribution in [0.15, 0.2) is 36.0 Å². The predicted molar refractivity (Wildman–Crippen MR) is 138 cm³/mol.